The lowest BCUT2D eigenvalue weighted by atomic mass is 9.52. The van der Waals surface area contributed by atoms with Gasteiger partial charge in [0.1, 0.15) is 0 Å². The largest absolute Gasteiger partial charge is 0.353 e. The summed E-state index contributed by atoms with van der Waals surface area (Å²) in [7, 11) is 0. The molecular weight excluding hydrogens is 222 g/mol. The maximum atomic E-state index is 10.9. The summed E-state index contributed by atoms with van der Waals surface area (Å²) >= 11 is 0. The fourth-order valence-corrected chi connectivity index (χ4v) is 4.48. The number of hydrogen-bond donors (Lipinski definition) is 1. The van der Waals surface area contributed by atoms with E-state index in [9.17, 15) is 4.79 Å². The Morgan fingerprint density at radius 2 is 2.06 bits per heavy atom. The third-order valence-corrected chi connectivity index (χ3v) is 5.72. The zero-order chi connectivity index (χ0) is 13.4. The summed E-state index contributed by atoms with van der Waals surface area (Å²) in [6.07, 6.45) is 8.33. The molecule has 1 amide bonds. The summed E-state index contributed by atoms with van der Waals surface area (Å²) in [4.78, 5) is 10.9. The summed E-state index contributed by atoms with van der Waals surface area (Å²) in [6.45, 7) is 11.0. The second-order valence-corrected chi connectivity index (χ2v) is 7.06. The fraction of sp³-hybridized carbons (Fsp3) is 0.812. The molecule has 2 saturated carbocycles. The van der Waals surface area contributed by atoms with Gasteiger partial charge in [0, 0.05) is 5.54 Å². The first-order chi connectivity index (χ1) is 8.41. The molecule has 2 aliphatic rings. The molecular formula is C16H27NO. The molecule has 0 aromatic heterocycles. The van der Waals surface area contributed by atoms with Gasteiger partial charge in [0.2, 0.25) is 6.41 Å². The van der Waals surface area contributed by atoms with Crippen LogP contribution in [0.4, 0.5) is 0 Å². The minimum absolute atomic E-state index is 0.0110. The number of hydrogen-bond acceptors (Lipinski definition) is 1. The van der Waals surface area contributed by atoms with Crippen LogP contribution in [0.15, 0.2) is 12.2 Å². The fourth-order valence-electron chi connectivity index (χ4n) is 4.48. The molecule has 0 spiro atoms. The zero-order valence-electron chi connectivity index (χ0n) is 12.1. The van der Waals surface area contributed by atoms with E-state index in [0.717, 1.165) is 12.8 Å². The van der Waals surface area contributed by atoms with Gasteiger partial charge in [0.05, 0.1) is 0 Å². The Kier molecular flexibility index (Phi) is 3.57. The third-order valence-electron chi connectivity index (χ3n) is 5.72. The molecule has 0 saturated heterocycles. The highest BCUT2D eigenvalue weighted by molar-refractivity contribution is 5.48. The molecule has 4 atom stereocenters. The predicted octanol–water partition coefficient (Wildman–Crippen LogP) is 3.67. The SMILES string of the molecule is C=C(C)C1CCC2(C)CCCC(C)(NC=O)C2C1. The van der Waals surface area contributed by atoms with E-state index < -0.39 is 0 Å². The van der Waals surface area contributed by atoms with Gasteiger partial charge in [-0.15, -0.1) is 0 Å². The van der Waals surface area contributed by atoms with Crippen molar-refractivity contribution in [1.82, 2.24) is 5.32 Å². The Bertz CT molecular complexity index is 351. The average Bonchev–Trinajstić information content (AvgIpc) is 2.28. The van der Waals surface area contributed by atoms with Gasteiger partial charge in [-0.1, -0.05) is 25.5 Å². The number of rotatable bonds is 3. The molecule has 2 rings (SSSR count). The van der Waals surface area contributed by atoms with E-state index in [0.29, 0.717) is 17.3 Å². The van der Waals surface area contributed by atoms with Crippen LogP contribution in [0.5, 0.6) is 0 Å². The molecule has 4 unspecified atom stereocenters. The molecule has 18 heavy (non-hydrogen) atoms. The summed E-state index contributed by atoms with van der Waals surface area (Å²) in [6, 6.07) is 0. The van der Waals surface area contributed by atoms with Gasteiger partial charge in [-0.3, -0.25) is 4.79 Å². The van der Waals surface area contributed by atoms with Crippen LogP contribution in [0.1, 0.15) is 59.3 Å². The normalized spacial score (nSPS) is 43.9. The van der Waals surface area contributed by atoms with Crippen LogP contribution in [-0.4, -0.2) is 11.9 Å². The number of allylic oxidation sites excluding steroid dienone is 1. The Morgan fingerprint density at radius 1 is 1.33 bits per heavy atom. The lowest BCUT2D eigenvalue weighted by molar-refractivity contribution is -0.114. The van der Waals surface area contributed by atoms with Gasteiger partial charge >= 0.3 is 0 Å². The Labute approximate surface area is 111 Å². The van der Waals surface area contributed by atoms with E-state index in [1.165, 1.54) is 37.7 Å². The van der Waals surface area contributed by atoms with Crippen LogP contribution < -0.4 is 5.32 Å². The zero-order valence-corrected chi connectivity index (χ0v) is 12.1. The van der Waals surface area contributed by atoms with E-state index in [-0.39, 0.29) is 5.54 Å². The number of nitrogens with one attached hydrogen (secondary N) is 1. The molecule has 0 aromatic carbocycles. The van der Waals surface area contributed by atoms with Crippen molar-refractivity contribution in [2.75, 3.05) is 0 Å². The number of amides is 1. The van der Waals surface area contributed by atoms with Gasteiger partial charge in [0.25, 0.3) is 0 Å². The van der Waals surface area contributed by atoms with Gasteiger partial charge in [0.15, 0.2) is 0 Å². The van der Waals surface area contributed by atoms with Crippen LogP contribution in [0.3, 0.4) is 0 Å². The van der Waals surface area contributed by atoms with Crippen LogP contribution in [0, 0.1) is 17.3 Å². The maximum absolute atomic E-state index is 10.9. The van der Waals surface area contributed by atoms with Crippen molar-refractivity contribution in [2.45, 2.75) is 64.8 Å². The summed E-state index contributed by atoms with van der Waals surface area (Å²) < 4.78 is 0. The minimum Gasteiger partial charge on any atom is -0.353 e. The van der Waals surface area contributed by atoms with Gasteiger partial charge < -0.3 is 5.32 Å². The molecule has 2 heteroatoms. The van der Waals surface area contributed by atoms with Crippen molar-refractivity contribution in [3.05, 3.63) is 12.2 Å². The van der Waals surface area contributed by atoms with E-state index in [2.05, 4.69) is 32.7 Å². The van der Waals surface area contributed by atoms with Crippen molar-refractivity contribution in [3.8, 4) is 0 Å². The molecule has 1 N–H and O–H groups in total. The highest BCUT2D eigenvalue weighted by Crippen LogP contribution is 2.56. The minimum atomic E-state index is -0.0110. The van der Waals surface area contributed by atoms with E-state index in [1.54, 1.807) is 0 Å². The molecule has 0 radical (unpaired) electrons. The predicted molar refractivity (Wildman–Crippen MR) is 75.2 cm³/mol. The van der Waals surface area contributed by atoms with Crippen molar-refractivity contribution in [1.29, 1.82) is 0 Å². The van der Waals surface area contributed by atoms with Crippen molar-refractivity contribution in [3.63, 3.8) is 0 Å². The van der Waals surface area contributed by atoms with Gasteiger partial charge in [-0.2, -0.15) is 0 Å². The monoisotopic (exact) mass is 249 g/mol. The Hall–Kier alpha value is -0.790. The topological polar surface area (TPSA) is 29.1 Å². The van der Waals surface area contributed by atoms with Crippen LogP contribution in [-0.2, 0) is 4.79 Å². The van der Waals surface area contributed by atoms with E-state index >= 15 is 0 Å². The lowest BCUT2D eigenvalue weighted by Crippen LogP contribution is -2.58. The Balaban J connectivity index is 2.25. The average molecular weight is 249 g/mol. The van der Waals surface area contributed by atoms with Crippen LogP contribution in [0.2, 0.25) is 0 Å². The first kappa shape index (κ1) is 13.6. The smallest absolute Gasteiger partial charge is 0.207 e. The summed E-state index contributed by atoms with van der Waals surface area (Å²) in [5.74, 6) is 1.24. The van der Waals surface area contributed by atoms with Crippen molar-refractivity contribution < 1.29 is 4.79 Å². The third kappa shape index (κ3) is 2.22. The maximum Gasteiger partial charge on any atom is 0.207 e. The number of carbonyl (C=O) groups excluding carboxylic acids is 1. The summed E-state index contributed by atoms with van der Waals surface area (Å²) in [5, 5.41) is 3.13. The molecule has 2 aliphatic carbocycles. The quantitative estimate of drug-likeness (QED) is 0.600. The standard InChI is InChI=1S/C16H27NO/c1-12(2)13-6-9-15(3)7-5-8-16(4,17-11-18)14(15)10-13/h11,13-14H,1,5-10H2,2-4H3,(H,17,18). The first-order valence-corrected chi connectivity index (χ1v) is 7.28. The molecule has 102 valence electrons. The lowest BCUT2D eigenvalue weighted by Gasteiger charge is -2.56. The van der Waals surface area contributed by atoms with E-state index in [1.807, 2.05) is 0 Å². The molecule has 2 nitrogen and oxygen atoms in total. The second-order valence-electron chi connectivity index (χ2n) is 7.06. The second kappa shape index (κ2) is 4.71. The van der Waals surface area contributed by atoms with E-state index in [4.69, 9.17) is 0 Å². The number of carbonyl (C=O) groups is 1. The molecule has 0 aromatic rings. The molecule has 0 bridgehead atoms. The van der Waals surface area contributed by atoms with Crippen molar-refractivity contribution in [2.24, 2.45) is 17.3 Å². The first-order valence-electron chi connectivity index (χ1n) is 7.28. The van der Waals surface area contributed by atoms with Gasteiger partial charge in [-0.05, 0) is 63.2 Å². The molecule has 2 fully saturated rings. The molecule has 0 aliphatic heterocycles. The van der Waals surface area contributed by atoms with Crippen LogP contribution in [0.25, 0.3) is 0 Å². The highest BCUT2D eigenvalue weighted by Gasteiger charge is 2.51. The molecule has 0 heterocycles. The van der Waals surface area contributed by atoms with Gasteiger partial charge in [-0.25, -0.2) is 0 Å². The Morgan fingerprint density at radius 3 is 2.67 bits per heavy atom. The van der Waals surface area contributed by atoms with Crippen molar-refractivity contribution >= 4 is 6.41 Å². The van der Waals surface area contributed by atoms with Crippen LogP contribution >= 0.6 is 0 Å². The summed E-state index contributed by atoms with van der Waals surface area (Å²) in [5.41, 5.74) is 1.72. The number of fused-ring (bicyclic) bond motifs is 1. The highest BCUT2D eigenvalue weighted by atomic mass is 16.1.